The van der Waals surface area contributed by atoms with Gasteiger partial charge >= 0.3 is 0 Å². The molecule has 18 heavy (non-hydrogen) atoms. The van der Waals surface area contributed by atoms with E-state index in [1.54, 1.807) is 19.2 Å². The van der Waals surface area contributed by atoms with Crippen LogP contribution < -0.4 is 4.74 Å². The Labute approximate surface area is 105 Å². The first-order chi connectivity index (χ1) is 8.61. The first-order valence-electron chi connectivity index (χ1n) is 5.56. The van der Waals surface area contributed by atoms with Crippen molar-refractivity contribution in [3.8, 4) is 5.75 Å². The van der Waals surface area contributed by atoms with E-state index in [0.717, 1.165) is 5.56 Å². The average Bonchev–Trinajstić information content (AvgIpc) is 2.39. The van der Waals surface area contributed by atoms with Crippen molar-refractivity contribution in [3.63, 3.8) is 0 Å². The topological polar surface area (TPSA) is 26.3 Å². The number of ketones is 1. The predicted octanol–water partition coefficient (Wildman–Crippen LogP) is 3.37. The summed E-state index contributed by atoms with van der Waals surface area (Å²) >= 11 is 0. The summed E-state index contributed by atoms with van der Waals surface area (Å²) in [7, 11) is 1.56. The van der Waals surface area contributed by atoms with E-state index in [2.05, 4.69) is 0 Å². The van der Waals surface area contributed by atoms with Gasteiger partial charge in [0.05, 0.1) is 7.11 Å². The van der Waals surface area contributed by atoms with Crippen molar-refractivity contribution in [1.82, 2.24) is 0 Å². The number of aryl methyl sites for hydroxylation is 1. The number of carbonyl (C=O) groups excluding carboxylic acids is 1. The lowest BCUT2D eigenvalue weighted by Gasteiger charge is -2.07. The van der Waals surface area contributed by atoms with Crippen molar-refractivity contribution in [2.24, 2.45) is 0 Å². The Morgan fingerprint density at radius 1 is 1.06 bits per heavy atom. The fraction of sp³-hybridized carbons (Fsp3) is 0.133. The van der Waals surface area contributed by atoms with Gasteiger partial charge in [0, 0.05) is 11.1 Å². The van der Waals surface area contributed by atoms with Crippen molar-refractivity contribution < 1.29 is 13.9 Å². The van der Waals surface area contributed by atoms with Gasteiger partial charge in [-0.05, 0) is 42.8 Å². The number of carbonyl (C=O) groups is 1. The molecule has 2 rings (SSSR count). The van der Waals surface area contributed by atoms with Crippen molar-refractivity contribution >= 4 is 5.78 Å². The first-order valence-corrected chi connectivity index (χ1v) is 5.56. The first kappa shape index (κ1) is 12.3. The normalized spacial score (nSPS) is 10.2. The Balaban J connectivity index is 2.37. The standard InChI is InChI=1S/C15H13FO2/c1-10-3-4-12(9-14(10)18-2)15(17)11-5-7-13(16)8-6-11/h3-9H,1-2H3. The highest BCUT2D eigenvalue weighted by atomic mass is 19.1. The minimum absolute atomic E-state index is 0.145. The molecule has 0 aliphatic rings. The van der Waals surface area contributed by atoms with Gasteiger partial charge in [-0.1, -0.05) is 12.1 Å². The van der Waals surface area contributed by atoms with E-state index in [1.807, 2.05) is 13.0 Å². The van der Waals surface area contributed by atoms with Crippen LogP contribution in [0, 0.1) is 12.7 Å². The maximum Gasteiger partial charge on any atom is 0.193 e. The molecule has 3 heteroatoms. The quantitative estimate of drug-likeness (QED) is 0.774. The highest BCUT2D eigenvalue weighted by molar-refractivity contribution is 6.09. The summed E-state index contributed by atoms with van der Waals surface area (Å²) in [6, 6.07) is 10.8. The molecule has 0 aromatic heterocycles. The molecule has 0 unspecified atom stereocenters. The van der Waals surface area contributed by atoms with Gasteiger partial charge in [0.15, 0.2) is 5.78 Å². The van der Waals surface area contributed by atoms with Gasteiger partial charge in [-0.15, -0.1) is 0 Å². The van der Waals surface area contributed by atoms with Crippen molar-refractivity contribution in [2.75, 3.05) is 7.11 Å². The summed E-state index contributed by atoms with van der Waals surface area (Å²) in [6.07, 6.45) is 0. The molecule has 2 aromatic rings. The molecule has 0 aliphatic carbocycles. The van der Waals surface area contributed by atoms with Gasteiger partial charge in [-0.25, -0.2) is 4.39 Å². The second kappa shape index (κ2) is 5.00. The largest absolute Gasteiger partial charge is 0.496 e. The molecule has 0 aliphatic heterocycles. The van der Waals surface area contributed by atoms with E-state index >= 15 is 0 Å². The summed E-state index contributed by atoms with van der Waals surface area (Å²) in [4.78, 5) is 12.2. The highest BCUT2D eigenvalue weighted by Crippen LogP contribution is 2.21. The molecule has 0 bridgehead atoms. The van der Waals surface area contributed by atoms with E-state index in [1.165, 1.54) is 24.3 Å². The minimum Gasteiger partial charge on any atom is -0.496 e. The maximum absolute atomic E-state index is 12.8. The fourth-order valence-corrected chi connectivity index (χ4v) is 1.73. The number of rotatable bonds is 3. The molecule has 0 N–H and O–H groups in total. The lowest BCUT2D eigenvalue weighted by atomic mass is 10.0. The van der Waals surface area contributed by atoms with E-state index < -0.39 is 0 Å². The van der Waals surface area contributed by atoms with Gasteiger partial charge in [-0.3, -0.25) is 4.79 Å². The second-order valence-electron chi connectivity index (χ2n) is 4.02. The minimum atomic E-state index is -0.354. The molecule has 0 atom stereocenters. The van der Waals surface area contributed by atoms with Gasteiger partial charge in [0.2, 0.25) is 0 Å². The van der Waals surface area contributed by atoms with Gasteiger partial charge in [0.25, 0.3) is 0 Å². The molecule has 0 saturated carbocycles. The van der Waals surface area contributed by atoms with Gasteiger partial charge in [0.1, 0.15) is 11.6 Å². The van der Waals surface area contributed by atoms with E-state index in [0.29, 0.717) is 16.9 Å². The van der Waals surface area contributed by atoms with Crippen LogP contribution in [0.1, 0.15) is 21.5 Å². The fourth-order valence-electron chi connectivity index (χ4n) is 1.73. The molecular weight excluding hydrogens is 231 g/mol. The Hall–Kier alpha value is -2.16. The smallest absolute Gasteiger partial charge is 0.193 e. The number of methoxy groups -OCH3 is 1. The molecule has 0 radical (unpaired) electrons. The molecular formula is C15H13FO2. The zero-order valence-electron chi connectivity index (χ0n) is 10.2. The van der Waals surface area contributed by atoms with E-state index in [-0.39, 0.29) is 11.6 Å². The zero-order valence-corrected chi connectivity index (χ0v) is 10.2. The van der Waals surface area contributed by atoms with Gasteiger partial charge in [-0.2, -0.15) is 0 Å². The van der Waals surface area contributed by atoms with Crippen LogP contribution in [0.3, 0.4) is 0 Å². The SMILES string of the molecule is COc1cc(C(=O)c2ccc(F)cc2)ccc1C. The van der Waals surface area contributed by atoms with Crippen molar-refractivity contribution in [1.29, 1.82) is 0 Å². The van der Waals surface area contributed by atoms with Crippen molar-refractivity contribution in [2.45, 2.75) is 6.92 Å². The van der Waals surface area contributed by atoms with Gasteiger partial charge < -0.3 is 4.74 Å². The monoisotopic (exact) mass is 244 g/mol. The molecule has 2 nitrogen and oxygen atoms in total. The molecule has 2 aromatic carbocycles. The average molecular weight is 244 g/mol. The van der Waals surface area contributed by atoms with E-state index in [9.17, 15) is 9.18 Å². The molecule has 0 spiro atoms. The summed E-state index contributed by atoms with van der Waals surface area (Å²) < 4.78 is 18.0. The lowest BCUT2D eigenvalue weighted by Crippen LogP contribution is -2.02. The second-order valence-corrected chi connectivity index (χ2v) is 4.02. The van der Waals surface area contributed by atoms with Crippen LogP contribution in [0.2, 0.25) is 0 Å². The number of benzene rings is 2. The summed E-state index contributed by atoms with van der Waals surface area (Å²) in [5.41, 5.74) is 1.96. The maximum atomic E-state index is 12.8. The molecule has 0 saturated heterocycles. The van der Waals surface area contributed by atoms with Crippen LogP contribution in [-0.4, -0.2) is 12.9 Å². The zero-order chi connectivity index (χ0) is 13.1. The van der Waals surface area contributed by atoms with Crippen LogP contribution in [0.15, 0.2) is 42.5 Å². The molecule has 92 valence electrons. The Bertz CT molecular complexity index is 574. The number of ether oxygens (including phenoxy) is 1. The predicted molar refractivity (Wildman–Crippen MR) is 67.6 cm³/mol. The lowest BCUT2D eigenvalue weighted by molar-refractivity contribution is 0.103. The Morgan fingerprint density at radius 2 is 1.67 bits per heavy atom. The number of hydrogen-bond acceptors (Lipinski definition) is 2. The summed E-state index contributed by atoms with van der Waals surface area (Å²) in [5, 5.41) is 0. The third-order valence-corrected chi connectivity index (χ3v) is 2.78. The van der Waals surface area contributed by atoms with Crippen LogP contribution in [-0.2, 0) is 0 Å². The van der Waals surface area contributed by atoms with E-state index in [4.69, 9.17) is 4.74 Å². The van der Waals surface area contributed by atoms with Crippen molar-refractivity contribution in [3.05, 3.63) is 65.0 Å². The highest BCUT2D eigenvalue weighted by Gasteiger charge is 2.11. The van der Waals surface area contributed by atoms with Crippen LogP contribution in [0.4, 0.5) is 4.39 Å². The third-order valence-electron chi connectivity index (χ3n) is 2.78. The summed E-state index contributed by atoms with van der Waals surface area (Å²) in [5.74, 6) is 0.171. The molecule has 0 heterocycles. The Morgan fingerprint density at radius 3 is 2.28 bits per heavy atom. The Kier molecular flexibility index (Phi) is 3.42. The molecule has 0 fully saturated rings. The van der Waals surface area contributed by atoms with Crippen LogP contribution in [0.25, 0.3) is 0 Å². The van der Waals surface area contributed by atoms with Crippen LogP contribution in [0.5, 0.6) is 5.75 Å². The number of halogens is 1. The van der Waals surface area contributed by atoms with Crippen LogP contribution >= 0.6 is 0 Å². The number of hydrogen-bond donors (Lipinski definition) is 0. The summed E-state index contributed by atoms with van der Waals surface area (Å²) in [6.45, 7) is 1.91. The third kappa shape index (κ3) is 2.40. The molecule has 0 amide bonds.